The van der Waals surface area contributed by atoms with E-state index in [0.717, 1.165) is 28.4 Å². The summed E-state index contributed by atoms with van der Waals surface area (Å²) in [6.45, 7) is 0. The van der Waals surface area contributed by atoms with Gasteiger partial charge < -0.3 is 0 Å². The Labute approximate surface area is 121 Å². The Bertz CT molecular complexity index is 631. The number of fused-ring (bicyclic) bond motifs is 1. The van der Waals surface area contributed by atoms with Crippen molar-refractivity contribution >= 4 is 21.7 Å². The second kappa shape index (κ2) is 5.30. The van der Waals surface area contributed by atoms with E-state index < -0.39 is 0 Å². The maximum absolute atomic E-state index is 12.5. The molecule has 0 aromatic heterocycles. The van der Waals surface area contributed by atoms with Gasteiger partial charge >= 0.3 is 0 Å². The van der Waals surface area contributed by atoms with Gasteiger partial charge in [-0.3, -0.25) is 4.79 Å². The van der Waals surface area contributed by atoms with Crippen LogP contribution in [0.2, 0.25) is 0 Å². The molecule has 1 aliphatic carbocycles. The van der Waals surface area contributed by atoms with Crippen LogP contribution in [0.4, 0.5) is 0 Å². The molecule has 1 aliphatic rings. The fraction of sp³-hybridized carbons (Fsp3) is 0.235. The van der Waals surface area contributed by atoms with E-state index in [9.17, 15) is 4.79 Å². The maximum Gasteiger partial charge on any atom is 0.194 e. The number of benzene rings is 2. The lowest BCUT2D eigenvalue weighted by Gasteiger charge is -2.16. The Morgan fingerprint density at radius 1 is 0.947 bits per heavy atom. The third kappa shape index (κ3) is 2.50. The van der Waals surface area contributed by atoms with Crippen LogP contribution in [0.5, 0.6) is 0 Å². The molecule has 19 heavy (non-hydrogen) atoms. The van der Waals surface area contributed by atoms with E-state index in [0.29, 0.717) is 0 Å². The maximum atomic E-state index is 12.5. The van der Waals surface area contributed by atoms with E-state index >= 15 is 0 Å². The summed E-state index contributed by atoms with van der Waals surface area (Å²) in [4.78, 5) is 12.5. The third-order valence-corrected chi connectivity index (χ3v) is 4.42. The molecule has 0 fully saturated rings. The van der Waals surface area contributed by atoms with Crippen molar-refractivity contribution in [2.24, 2.45) is 0 Å². The van der Waals surface area contributed by atoms with Crippen molar-refractivity contribution in [1.82, 2.24) is 0 Å². The SMILES string of the molecule is O=C(c1ccc2c(c1)CCCC2)c1ccccc1Br. The number of hydrogen-bond donors (Lipinski definition) is 0. The van der Waals surface area contributed by atoms with Crippen LogP contribution >= 0.6 is 15.9 Å². The van der Waals surface area contributed by atoms with Gasteiger partial charge in [0.1, 0.15) is 0 Å². The van der Waals surface area contributed by atoms with E-state index in [-0.39, 0.29) is 5.78 Å². The zero-order chi connectivity index (χ0) is 13.2. The molecule has 2 aromatic rings. The van der Waals surface area contributed by atoms with Gasteiger partial charge in [0.15, 0.2) is 5.78 Å². The zero-order valence-electron chi connectivity index (χ0n) is 10.7. The highest BCUT2D eigenvalue weighted by Crippen LogP contribution is 2.25. The topological polar surface area (TPSA) is 17.1 Å². The molecule has 96 valence electrons. The van der Waals surface area contributed by atoms with E-state index in [1.165, 1.54) is 24.0 Å². The van der Waals surface area contributed by atoms with Crippen LogP contribution in [0.25, 0.3) is 0 Å². The molecule has 0 spiro atoms. The first-order valence-electron chi connectivity index (χ1n) is 6.67. The fourth-order valence-corrected chi connectivity index (χ4v) is 3.14. The summed E-state index contributed by atoms with van der Waals surface area (Å²) in [7, 11) is 0. The molecule has 3 rings (SSSR count). The predicted molar refractivity (Wildman–Crippen MR) is 80.7 cm³/mol. The Hall–Kier alpha value is -1.41. The molecule has 0 amide bonds. The summed E-state index contributed by atoms with van der Waals surface area (Å²) in [5.74, 6) is 0.0980. The minimum absolute atomic E-state index is 0.0980. The van der Waals surface area contributed by atoms with Gasteiger partial charge in [0.25, 0.3) is 0 Å². The fourth-order valence-electron chi connectivity index (χ4n) is 2.68. The number of carbonyl (C=O) groups excluding carboxylic acids is 1. The summed E-state index contributed by atoms with van der Waals surface area (Å²) < 4.78 is 0.859. The van der Waals surface area contributed by atoms with Crippen molar-refractivity contribution in [2.75, 3.05) is 0 Å². The molecule has 0 saturated carbocycles. The molecular formula is C17H15BrO. The summed E-state index contributed by atoms with van der Waals surface area (Å²) in [6.07, 6.45) is 4.76. The summed E-state index contributed by atoms with van der Waals surface area (Å²) in [5, 5.41) is 0. The number of aryl methyl sites for hydroxylation is 2. The number of halogens is 1. The molecule has 0 unspecified atom stereocenters. The minimum Gasteiger partial charge on any atom is -0.289 e. The molecule has 1 nitrogen and oxygen atoms in total. The van der Waals surface area contributed by atoms with Crippen LogP contribution in [-0.4, -0.2) is 5.78 Å². The largest absolute Gasteiger partial charge is 0.289 e. The summed E-state index contributed by atoms with van der Waals surface area (Å²) in [5.41, 5.74) is 4.30. The van der Waals surface area contributed by atoms with E-state index in [1.807, 2.05) is 30.3 Å². The molecule has 2 aromatic carbocycles. The van der Waals surface area contributed by atoms with Crippen molar-refractivity contribution in [2.45, 2.75) is 25.7 Å². The van der Waals surface area contributed by atoms with Gasteiger partial charge in [0, 0.05) is 15.6 Å². The van der Waals surface area contributed by atoms with Gasteiger partial charge in [0.2, 0.25) is 0 Å². The highest BCUT2D eigenvalue weighted by atomic mass is 79.9. The Morgan fingerprint density at radius 3 is 2.47 bits per heavy atom. The van der Waals surface area contributed by atoms with Gasteiger partial charge in [-0.2, -0.15) is 0 Å². The molecule has 0 radical (unpaired) electrons. The lowest BCUT2D eigenvalue weighted by atomic mass is 9.89. The van der Waals surface area contributed by atoms with Crippen LogP contribution in [0.1, 0.15) is 39.9 Å². The highest BCUT2D eigenvalue weighted by molar-refractivity contribution is 9.10. The molecule has 0 atom stereocenters. The molecule has 0 bridgehead atoms. The minimum atomic E-state index is 0.0980. The monoisotopic (exact) mass is 314 g/mol. The van der Waals surface area contributed by atoms with Crippen LogP contribution in [0.3, 0.4) is 0 Å². The van der Waals surface area contributed by atoms with Crippen LogP contribution in [0.15, 0.2) is 46.9 Å². The standard InChI is InChI=1S/C17H15BrO/c18-16-8-4-3-7-15(16)17(19)14-10-9-12-5-1-2-6-13(12)11-14/h3-4,7-11H,1-2,5-6H2. The predicted octanol–water partition coefficient (Wildman–Crippen LogP) is 4.56. The number of ketones is 1. The number of hydrogen-bond acceptors (Lipinski definition) is 1. The molecular weight excluding hydrogens is 300 g/mol. The lowest BCUT2D eigenvalue weighted by molar-refractivity contribution is 0.103. The first kappa shape index (κ1) is 12.6. The average molecular weight is 315 g/mol. The van der Waals surface area contributed by atoms with E-state index in [1.54, 1.807) is 0 Å². The third-order valence-electron chi connectivity index (χ3n) is 3.73. The first-order chi connectivity index (χ1) is 9.25. The molecule has 0 N–H and O–H groups in total. The number of rotatable bonds is 2. The molecule has 0 aliphatic heterocycles. The van der Waals surface area contributed by atoms with Crippen molar-refractivity contribution in [1.29, 1.82) is 0 Å². The van der Waals surface area contributed by atoms with Crippen molar-refractivity contribution < 1.29 is 4.79 Å². The Kier molecular flexibility index (Phi) is 3.52. The smallest absolute Gasteiger partial charge is 0.194 e. The highest BCUT2D eigenvalue weighted by Gasteiger charge is 2.15. The molecule has 0 heterocycles. The van der Waals surface area contributed by atoms with Crippen LogP contribution < -0.4 is 0 Å². The lowest BCUT2D eigenvalue weighted by Crippen LogP contribution is -2.07. The van der Waals surface area contributed by atoms with Gasteiger partial charge in [-0.25, -0.2) is 0 Å². The van der Waals surface area contributed by atoms with Crippen LogP contribution in [-0.2, 0) is 12.8 Å². The van der Waals surface area contributed by atoms with Crippen molar-refractivity contribution in [3.63, 3.8) is 0 Å². The molecule has 2 heteroatoms. The Balaban J connectivity index is 1.98. The van der Waals surface area contributed by atoms with Crippen molar-refractivity contribution in [3.05, 3.63) is 69.2 Å². The van der Waals surface area contributed by atoms with Gasteiger partial charge in [-0.05, 0) is 55.0 Å². The second-order valence-corrected chi connectivity index (χ2v) is 5.85. The van der Waals surface area contributed by atoms with E-state index in [4.69, 9.17) is 0 Å². The normalized spacial score (nSPS) is 13.9. The zero-order valence-corrected chi connectivity index (χ0v) is 12.2. The Morgan fingerprint density at radius 2 is 1.68 bits per heavy atom. The summed E-state index contributed by atoms with van der Waals surface area (Å²) >= 11 is 3.45. The number of carbonyl (C=O) groups is 1. The first-order valence-corrected chi connectivity index (χ1v) is 7.46. The van der Waals surface area contributed by atoms with Gasteiger partial charge in [-0.1, -0.05) is 40.2 Å². The summed E-state index contributed by atoms with van der Waals surface area (Å²) in [6, 6.07) is 13.8. The average Bonchev–Trinajstić information content (AvgIpc) is 2.46. The van der Waals surface area contributed by atoms with Gasteiger partial charge in [-0.15, -0.1) is 0 Å². The molecule has 0 saturated heterocycles. The second-order valence-electron chi connectivity index (χ2n) is 5.00. The van der Waals surface area contributed by atoms with Crippen LogP contribution in [0, 0.1) is 0 Å². The van der Waals surface area contributed by atoms with Crippen molar-refractivity contribution in [3.8, 4) is 0 Å². The van der Waals surface area contributed by atoms with E-state index in [2.05, 4.69) is 28.1 Å². The quantitative estimate of drug-likeness (QED) is 0.743. The van der Waals surface area contributed by atoms with Gasteiger partial charge in [0.05, 0.1) is 0 Å².